The van der Waals surface area contributed by atoms with E-state index in [1.165, 1.54) is 13.0 Å². The van der Waals surface area contributed by atoms with E-state index in [0.29, 0.717) is 6.04 Å². The molecule has 1 atom stereocenters. The van der Waals surface area contributed by atoms with Crippen LogP contribution in [0.3, 0.4) is 0 Å². The van der Waals surface area contributed by atoms with Crippen LogP contribution in [0.5, 0.6) is 0 Å². The molecule has 1 rings (SSSR count). The molecule has 12 heavy (non-hydrogen) atoms. The first-order valence-corrected chi connectivity index (χ1v) is 5.02. The quantitative estimate of drug-likeness (QED) is 0.641. The third-order valence-corrected chi connectivity index (χ3v) is 2.50. The zero-order valence-corrected chi connectivity index (χ0v) is 8.55. The van der Waals surface area contributed by atoms with Gasteiger partial charge in [0.2, 0.25) is 0 Å². The van der Waals surface area contributed by atoms with Crippen molar-refractivity contribution in [3.8, 4) is 0 Å². The average Bonchev–Trinajstić information content (AvgIpc) is 2.03. The minimum atomic E-state index is 0.623. The topological polar surface area (TPSA) is 12.5 Å². The Morgan fingerprint density at radius 2 is 2.25 bits per heavy atom. The van der Waals surface area contributed by atoms with E-state index in [4.69, 9.17) is 4.74 Å². The number of hydrogen-bond acceptors (Lipinski definition) is 2. The Labute approximate surface area is 75.9 Å². The molecule has 0 amide bonds. The smallest absolute Gasteiger partial charge is 0.0619 e. The van der Waals surface area contributed by atoms with Gasteiger partial charge in [-0.3, -0.25) is 4.90 Å². The Morgan fingerprint density at radius 3 is 2.83 bits per heavy atom. The molecule has 0 aromatic rings. The third kappa shape index (κ3) is 3.11. The maximum absolute atomic E-state index is 5.38. The molecule has 1 fully saturated rings. The van der Waals surface area contributed by atoms with Gasteiger partial charge in [0.25, 0.3) is 0 Å². The molecule has 0 aromatic heterocycles. The van der Waals surface area contributed by atoms with Gasteiger partial charge in [-0.15, -0.1) is 0 Å². The van der Waals surface area contributed by atoms with E-state index in [0.717, 1.165) is 25.7 Å². The zero-order valence-electron chi connectivity index (χ0n) is 8.55. The summed E-state index contributed by atoms with van der Waals surface area (Å²) in [5.74, 6) is 0.819. The second-order valence-electron chi connectivity index (χ2n) is 4.14. The maximum Gasteiger partial charge on any atom is 0.0619 e. The molecule has 2 heteroatoms. The van der Waals surface area contributed by atoms with Gasteiger partial charge in [-0.1, -0.05) is 13.8 Å². The van der Waals surface area contributed by atoms with Crippen molar-refractivity contribution in [1.82, 2.24) is 4.90 Å². The van der Waals surface area contributed by atoms with Crippen LogP contribution in [0.15, 0.2) is 0 Å². The summed E-state index contributed by atoms with van der Waals surface area (Å²) in [5, 5.41) is 0. The average molecular weight is 171 g/mol. The molecule has 0 saturated carbocycles. The van der Waals surface area contributed by atoms with Crippen LogP contribution in [0.25, 0.3) is 0 Å². The Bertz CT molecular complexity index is 125. The summed E-state index contributed by atoms with van der Waals surface area (Å²) < 4.78 is 5.38. The van der Waals surface area contributed by atoms with E-state index in [1.54, 1.807) is 0 Å². The van der Waals surface area contributed by atoms with Gasteiger partial charge in [0, 0.05) is 12.6 Å². The maximum atomic E-state index is 5.38. The standard InChI is InChI=1S/C10H21NO/c1-9(2)4-5-11-6-7-12-8-10(11)3/h9-10H,4-8H2,1-3H3/t10-/m1/s1. The lowest BCUT2D eigenvalue weighted by atomic mass is 10.1. The van der Waals surface area contributed by atoms with Gasteiger partial charge >= 0.3 is 0 Å². The molecule has 1 heterocycles. The van der Waals surface area contributed by atoms with Crippen molar-refractivity contribution >= 4 is 0 Å². The lowest BCUT2D eigenvalue weighted by Crippen LogP contribution is -2.44. The lowest BCUT2D eigenvalue weighted by molar-refractivity contribution is -0.00200. The second kappa shape index (κ2) is 4.83. The van der Waals surface area contributed by atoms with Crippen LogP contribution < -0.4 is 0 Å². The molecule has 0 bridgehead atoms. The van der Waals surface area contributed by atoms with Crippen molar-refractivity contribution in [2.75, 3.05) is 26.3 Å². The van der Waals surface area contributed by atoms with E-state index in [9.17, 15) is 0 Å². The van der Waals surface area contributed by atoms with Crippen LogP contribution >= 0.6 is 0 Å². The summed E-state index contributed by atoms with van der Waals surface area (Å²) in [7, 11) is 0. The van der Waals surface area contributed by atoms with E-state index in [1.807, 2.05) is 0 Å². The van der Waals surface area contributed by atoms with Crippen molar-refractivity contribution in [3.05, 3.63) is 0 Å². The fourth-order valence-corrected chi connectivity index (χ4v) is 1.52. The molecule has 0 aromatic carbocycles. The van der Waals surface area contributed by atoms with Crippen molar-refractivity contribution in [3.63, 3.8) is 0 Å². The summed E-state index contributed by atoms with van der Waals surface area (Å²) in [5.41, 5.74) is 0. The fraction of sp³-hybridized carbons (Fsp3) is 1.00. The summed E-state index contributed by atoms with van der Waals surface area (Å²) in [4.78, 5) is 2.53. The Kier molecular flexibility index (Phi) is 4.02. The first kappa shape index (κ1) is 10.0. The van der Waals surface area contributed by atoms with Crippen molar-refractivity contribution in [2.45, 2.75) is 33.2 Å². The predicted molar refractivity (Wildman–Crippen MR) is 51.3 cm³/mol. The Hall–Kier alpha value is -0.0800. The fourth-order valence-electron chi connectivity index (χ4n) is 1.52. The lowest BCUT2D eigenvalue weighted by Gasteiger charge is -2.33. The summed E-state index contributed by atoms with van der Waals surface area (Å²) in [6, 6.07) is 0.623. The highest BCUT2D eigenvalue weighted by Crippen LogP contribution is 2.09. The molecule has 0 unspecified atom stereocenters. The number of nitrogens with zero attached hydrogens (tertiary/aromatic N) is 1. The van der Waals surface area contributed by atoms with Crippen LogP contribution in [-0.2, 0) is 4.74 Å². The second-order valence-corrected chi connectivity index (χ2v) is 4.14. The molecular weight excluding hydrogens is 150 g/mol. The van der Waals surface area contributed by atoms with Gasteiger partial charge in [-0.25, -0.2) is 0 Å². The van der Waals surface area contributed by atoms with Gasteiger partial charge in [0.1, 0.15) is 0 Å². The SMILES string of the molecule is CC(C)CCN1CCOC[C@H]1C. The van der Waals surface area contributed by atoms with Crippen LogP contribution in [0.2, 0.25) is 0 Å². The van der Waals surface area contributed by atoms with Crippen molar-refractivity contribution in [2.24, 2.45) is 5.92 Å². The molecule has 0 spiro atoms. The minimum Gasteiger partial charge on any atom is -0.379 e. The summed E-state index contributed by atoms with van der Waals surface area (Å²) in [6.07, 6.45) is 1.31. The first-order chi connectivity index (χ1) is 5.70. The van der Waals surface area contributed by atoms with E-state index in [2.05, 4.69) is 25.7 Å². The van der Waals surface area contributed by atoms with Crippen LogP contribution in [-0.4, -0.2) is 37.2 Å². The number of rotatable bonds is 3. The highest BCUT2D eigenvalue weighted by molar-refractivity contribution is 4.70. The molecule has 72 valence electrons. The molecule has 2 nitrogen and oxygen atoms in total. The molecule has 0 aliphatic carbocycles. The van der Waals surface area contributed by atoms with Gasteiger partial charge < -0.3 is 4.74 Å². The van der Waals surface area contributed by atoms with Gasteiger partial charge in [0.05, 0.1) is 13.2 Å². The highest BCUT2D eigenvalue weighted by Gasteiger charge is 2.17. The number of ether oxygens (including phenoxy) is 1. The predicted octanol–water partition coefficient (Wildman–Crippen LogP) is 1.75. The van der Waals surface area contributed by atoms with E-state index in [-0.39, 0.29) is 0 Å². The normalized spacial score (nSPS) is 26.5. The molecular formula is C10H21NO. The number of morpholine rings is 1. The van der Waals surface area contributed by atoms with Crippen molar-refractivity contribution < 1.29 is 4.74 Å². The highest BCUT2D eigenvalue weighted by atomic mass is 16.5. The first-order valence-electron chi connectivity index (χ1n) is 5.02. The Balaban J connectivity index is 2.20. The largest absolute Gasteiger partial charge is 0.379 e. The van der Waals surface area contributed by atoms with Crippen LogP contribution in [0.1, 0.15) is 27.2 Å². The molecule has 0 radical (unpaired) electrons. The van der Waals surface area contributed by atoms with E-state index >= 15 is 0 Å². The van der Waals surface area contributed by atoms with Gasteiger partial charge in [0.15, 0.2) is 0 Å². The van der Waals surface area contributed by atoms with Crippen LogP contribution in [0, 0.1) is 5.92 Å². The van der Waals surface area contributed by atoms with Crippen LogP contribution in [0.4, 0.5) is 0 Å². The third-order valence-electron chi connectivity index (χ3n) is 2.50. The molecule has 1 aliphatic rings. The van der Waals surface area contributed by atoms with E-state index < -0.39 is 0 Å². The Morgan fingerprint density at radius 1 is 1.50 bits per heavy atom. The van der Waals surface area contributed by atoms with Gasteiger partial charge in [-0.05, 0) is 25.8 Å². The zero-order chi connectivity index (χ0) is 8.97. The monoisotopic (exact) mass is 171 g/mol. The molecule has 0 N–H and O–H groups in total. The summed E-state index contributed by atoms with van der Waals surface area (Å²) >= 11 is 0. The minimum absolute atomic E-state index is 0.623. The molecule has 1 saturated heterocycles. The van der Waals surface area contributed by atoms with Gasteiger partial charge in [-0.2, -0.15) is 0 Å². The number of hydrogen-bond donors (Lipinski definition) is 0. The molecule has 1 aliphatic heterocycles. The van der Waals surface area contributed by atoms with Crippen molar-refractivity contribution in [1.29, 1.82) is 0 Å². The summed E-state index contributed by atoms with van der Waals surface area (Å²) in [6.45, 7) is 11.0.